The van der Waals surface area contributed by atoms with Crippen LogP contribution in [0.4, 0.5) is 0 Å². The van der Waals surface area contributed by atoms with Gasteiger partial charge in [-0.15, -0.1) is 0 Å². The van der Waals surface area contributed by atoms with Gasteiger partial charge in [-0.2, -0.15) is 10.4 Å². The highest BCUT2D eigenvalue weighted by atomic mass is 15.3. The summed E-state index contributed by atoms with van der Waals surface area (Å²) in [5.74, 6) is 0. The summed E-state index contributed by atoms with van der Waals surface area (Å²) in [6.07, 6.45) is 3.23. The second-order valence-electron chi connectivity index (χ2n) is 4.49. The molecule has 0 amide bonds. The van der Waals surface area contributed by atoms with Gasteiger partial charge in [0.05, 0.1) is 18.2 Å². The molecule has 3 aromatic rings. The maximum absolute atomic E-state index is 8.97. The van der Waals surface area contributed by atoms with Crippen molar-refractivity contribution in [3.8, 4) is 17.2 Å². The van der Waals surface area contributed by atoms with Crippen molar-refractivity contribution in [3.05, 3.63) is 72.3 Å². The lowest BCUT2D eigenvalue weighted by Crippen LogP contribution is -1.99. The van der Waals surface area contributed by atoms with Crippen LogP contribution < -0.4 is 0 Å². The third-order valence-corrected chi connectivity index (χ3v) is 3.06. The van der Waals surface area contributed by atoms with Crippen LogP contribution in [0.1, 0.15) is 11.1 Å². The van der Waals surface area contributed by atoms with Gasteiger partial charge in [-0.1, -0.05) is 30.3 Å². The van der Waals surface area contributed by atoms with Crippen LogP contribution in [0.25, 0.3) is 11.1 Å². The average molecular weight is 260 g/mol. The molecule has 0 aliphatic carbocycles. The van der Waals surface area contributed by atoms with Crippen LogP contribution in [0.2, 0.25) is 0 Å². The smallest absolute Gasteiger partial charge is 0.137 e. The molecule has 0 fully saturated rings. The Morgan fingerprint density at radius 1 is 1.05 bits per heavy atom. The Balaban J connectivity index is 1.92. The molecule has 0 bridgehead atoms. The minimum Gasteiger partial charge on any atom is -0.249 e. The summed E-state index contributed by atoms with van der Waals surface area (Å²) in [6.45, 7) is 0.686. The predicted molar refractivity (Wildman–Crippen MR) is 75.7 cm³/mol. The molecule has 0 spiro atoms. The molecule has 20 heavy (non-hydrogen) atoms. The van der Waals surface area contributed by atoms with E-state index < -0.39 is 0 Å². The second kappa shape index (κ2) is 5.37. The Labute approximate surface area is 116 Å². The van der Waals surface area contributed by atoms with E-state index in [0.717, 1.165) is 16.7 Å². The fourth-order valence-corrected chi connectivity index (χ4v) is 2.12. The van der Waals surface area contributed by atoms with Crippen LogP contribution in [-0.2, 0) is 6.54 Å². The van der Waals surface area contributed by atoms with Crippen molar-refractivity contribution in [2.75, 3.05) is 0 Å². The van der Waals surface area contributed by atoms with Crippen LogP contribution in [0.15, 0.2) is 61.2 Å². The van der Waals surface area contributed by atoms with Gasteiger partial charge in [0.2, 0.25) is 0 Å². The van der Waals surface area contributed by atoms with E-state index in [-0.39, 0.29) is 0 Å². The molecule has 0 saturated carbocycles. The van der Waals surface area contributed by atoms with Gasteiger partial charge in [-0.3, -0.25) is 0 Å². The summed E-state index contributed by atoms with van der Waals surface area (Å²) in [5.41, 5.74) is 3.96. The molecule has 96 valence electrons. The number of benzene rings is 2. The third kappa shape index (κ3) is 2.57. The van der Waals surface area contributed by atoms with Gasteiger partial charge < -0.3 is 0 Å². The molecule has 0 radical (unpaired) electrons. The van der Waals surface area contributed by atoms with Crippen molar-refractivity contribution in [3.63, 3.8) is 0 Å². The first-order valence-corrected chi connectivity index (χ1v) is 6.27. The fraction of sp³-hybridized carbons (Fsp3) is 0.0625. The van der Waals surface area contributed by atoms with Crippen molar-refractivity contribution in [1.29, 1.82) is 5.26 Å². The molecule has 0 atom stereocenters. The summed E-state index contributed by atoms with van der Waals surface area (Å²) in [6, 6.07) is 18.0. The molecule has 0 saturated heterocycles. The monoisotopic (exact) mass is 260 g/mol. The molecule has 1 heterocycles. The molecule has 4 nitrogen and oxygen atoms in total. The van der Waals surface area contributed by atoms with Gasteiger partial charge in [-0.05, 0) is 34.9 Å². The highest BCUT2D eigenvalue weighted by Gasteiger charge is 2.02. The van der Waals surface area contributed by atoms with Crippen molar-refractivity contribution >= 4 is 0 Å². The van der Waals surface area contributed by atoms with Crippen LogP contribution >= 0.6 is 0 Å². The number of nitriles is 1. The zero-order chi connectivity index (χ0) is 13.8. The SMILES string of the molecule is N#Cc1cccc(-c2cccc(Cn3cncn3)c2)c1. The molecular weight excluding hydrogens is 248 g/mol. The number of hydrogen-bond donors (Lipinski definition) is 0. The van der Waals surface area contributed by atoms with Crippen LogP contribution in [0.5, 0.6) is 0 Å². The number of aromatic nitrogens is 3. The quantitative estimate of drug-likeness (QED) is 0.727. The van der Waals surface area contributed by atoms with E-state index in [0.29, 0.717) is 12.1 Å². The highest BCUT2D eigenvalue weighted by Crippen LogP contribution is 2.21. The first kappa shape index (κ1) is 12.1. The largest absolute Gasteiger partial charge is 0.249 e. The van der Waals surface area contributed by atoms with E-state index in [1.54, 1.807) is 11.0 Å². The minimum atomic E-state index is 0.671. The van der Waals surface area contributed by atoms with Crippen LogP contribution in [0.3, 0.4) is 0 Å². The topological polar surface area (TPSA) is 54.5 Å². The zero-order valence-corrected chi connectivity index (χ0v) is 10.8. The lowest BCUT2D eigenvalue weighted by Gasteiger charge is -2.06. The molecule has 2 aromatic carbocycles. The summed E-state index contributed by atoms with van der Waals surface area (Å²) in [4.78, 5) is 3.94. The summed E-state index contributed by atoms with van der Waals surface area (Å²) in [5, 5.41) is 13.1. The lowest BCUT2D eigenvalue weighted by atomic mass is 10.0. The number of nitrogens with zero attached hydrogens (tertiary/aromatic N) is 4. The van der Waals surface area contributed by atoms with Crippen molar-refractivity contribution in [2.24, 2.45) is 0 Å². The maximum Gasteiger partial charge on any atom is 0.137 e. The van der Waals surface area contributed by atoms with Gasteiger partial charge in [0.1, 0.15) is 12.7 Å². The van der Waals surface area contributed by atoms with Gasteiger partial charge in [0.15, 0.2) is 0 Å². The van der Waals surface area contributed by atoms with Gasteiger partial charge in [0, 0.05) is 0 Å². The molecule has 3 rings (SSSR count). The summed E-state index contributed by atoms with van der Waals surface area (Å²) in [7, 11) is 0. The Kier molecular flexibility index (Phi) is 3.25. The van der Waals surface area contributed by atoms with E-state index >= 15 is 0 Å². The molecule has 4 heteroatoms. The molecule has 0 unspecified atom stereocenters. The van der Waals surface area contributed by atoms with Crippen molar-refractivity contribution in [2.45, 2.75) is 6.54 Å². The number of hydrogen-bond acceptors (Lipinski definition) is 3. The Morgan fingerprint density at radius 3 is 2.60 bits per heavy atom. The summed E-state index contributed by atoms with van der Waals surface area (Å²) >= 11 is 0. The predicted octanol–water partition coefficient (Wildman–Crippen LogP) is 2.87. The third-order valence-electron chi connectivity index (χ3n) is 3.06. The Morgan fingerprint density at radius 2 is 1.85 bits per heavy atom. The molecule has 1 aromatic heterocycles. The van der Waals surface area contributed by atoms with Crippen LogP contribution in [0, 0.1) is 11.3 Å². The lowest BCUT2D eigenvalue weighted by molar-refractivity contribution is 0.685. The normalized spacial score (nSPS) is 10.2. The first-order chi connectivity index (χ1) is 9.85. The van der Waals surface area contributed by atoms with Gasteiger partial charge in [-0.25, -0.2) is 9.67 Å². The van der Waals surface area contributed by atoms with E-state index in [9.17, 15) is 0 Å². The standard InChI is InChI=1S/C16H12N4/c17-9-13-3-1-5-15(7-13)16-6-2-4-14(8-16)10-20-12-18-11-19-20/h1-8,11-12H,10H2. The maximum atomic E-state index is 8.97. The molecule has 0 aliphatic heterocycles. The first-order valence-electron chi connectivity index (χ1n) is 6.27. The zero-order valence-electron chi connectivity index (χ0n) is 10.8. The van der Waals surface area contributed by atoms with Gasteiger partial charge >= 0.3 is 0 Å². The average Bonchev–Trinajstić information content (AvgIpc) is 3.00. The molecule has 0 aliphatic rings. The van der Waals surface area contributed by atoms with E-state index in [4.69, 9.17) is 5.26 Å². The van der Waals surface area contributed by atoms with E-state index in [1.165, 1.54) is 6.33 Å². The Hall–Kier alpha value is -2.93. The second-order valence-corrected chi connectivity index (χ2v) is 4.49. The van der Waals surface area contributed by atoms with E-state index in [1.807, 2.05) is 36.4 Å². The van der Waals surface area contributed by atoms with Crippen molar-refractivity contribution < 1.29 is 0 Å². The van der Waals surface area contributed by atoms with E-state index in [2.05, 4.69) is 28.3 Å². The van der Waals surface area contributed by atoms with Gasteiger partial charge in [0.25, 0.3) is 0 Å². The summed E-state index contributed by atoms with van der Waals surface area (Å²) < 4.78 is 1.78. The number of rotatable bonds is 3. The minimum absolute atomic E-state index is 0.671. The Bertz CT molecular complexity index is 754. The molecular formula is C16H12N4. The fourth-order valence-electron chi connectivity index (χ4n) is 2.12. The van der Waals surface area contributed by atoms with Crippen molar-refractivity contribution in [1.82, 2.24) is 14.8 Å². The highest BCUT2D eigenvalue weighted by molar-refractivity contribution is 5.65. The van der Waals surface area contributed by atoms with Crippen LogP contribution in [-0.4, -0.2) is 14.8 Å². The molecule has 0 N–H and O–H groups in total.